The van der Waals surface area contributed by atoms with Gasteiger partial charge < -0.3 is 5.32 Å². The van der Waals surface area contributed by atoms with Crippen LogP contribution in [0.4, 0.5) is 0 Å². The molecule has 1 atom stereocenters. The van der Waals surface area contributed by atoms with Crippen molar-refractivity contribution in [3.05, 3.63) is 53.3 Å². The fourth-order valence-corrected chi connectivity index (χ4v) is 2.24. The first-order valence-electron chi connectivity index (χ1n) is 6.50. The van der Waals surface area contributed by atoms with Crippen LogP contribution < -0.4 is 5.32 Å². The fraction of sp³-hybridized carbons (Fsp3) is 0.400. The molecule has 3 heteroatoms. The Morgan fingerprint density at radius 3 is 2.44 bits per heavy atom. The molecule has 0 aliphatic rings. The van der Waals surface area contributed by atoms with Gasteiger partial charge in [-0.1, -0.05) is 37.6 Å². The molecule has 1 aromatic carbocycles. The average Bonchev–Trinajstić information content (AvgIpc) is 2.79. The lowest BCUT2D eigenvalue weighted by Crippen LogP contribution is -2.18. The summed E-state index contributed by atoms with van der Waals surface area (Å²) in [5.74, 6) is 0. The molecule has 0 bridgehead atoms. The smallest absolute Gasteiger partial charge is 0.0839 e. The summed E-state index contributed by atoms with van der Waals surface area (Å²) in [5, 5.41) is 7.79. The topological polar surface area (TPSA) is 29.9 Å². The van der Waals surface area contributed by atoms with E-state index in [0.29, 0.717) is 0 Å². The number of aromatic nitrogens is 2. The lowest BCUT2D eigenvalue weighted by molar-refractivity contribution is 0.642. The van der Waals surface area contributed by atoms with E-state index in [-0.39, 0.29) is 6.04 Å². The molecule has 3 nitrogen and oxygen atoms in total. The highest BCUT2D eigenvalue weighted by Crippen LogP contribution is 2.20. The minimum Gasteiger partial charge on any atom is -0.308 e. The summed E-state index contributed by atoms with van der Waals surface area (Å²) in [6.07, 6.45) is 4.31. The second kappa shape index (κ2) is 5.83. The molecule has 0 radical (unpaired) electrons. The van der Waals surface area contributed by atoms with Gasteiger partial charge in [0.2, 0.25) is 0 Å². The van der Waals surface area contributed by atoms with Crippen LogP contribution in [0.5, 0.6) is 0 Å². The number of hydrogen-bond donors (Lipinski definition) is 1. The Balaban J connectivity index is 2.22. The van der Waals surface area contributed by atoms with E-state index in [1.54, 1.807) is 0 Å². The predicted octanol–water partition coefficient (Wildman–Crippen LogP) is 2.68. The van der Waals surface area contributed by atoms with E-state index in [1.165, 1.54) is 17.5 Å². The van der Waals surface area contributed by atoms with Gasteiger partial charge in [-0.15, -0.1) is 0 Å². The largest absolute Gasteiger partial charge is 0.308 e. The zero-order chi connectivity index (χ0) is 13.0. The van der Waals surface area contributed by atoms with Crippen LogP contribution in [0.15, 0.2) is 36.5 Å². The molecule has 0 spiro atoms. The molecule has 2 rings (SSSR count). The van der Waals surface area contributed by atoms with Gasteiger partial charge >= 0.3 is 0 Å². The molecular weight excluding hydrogens is 222 g/mol. The second-order valence-corrected chi connectivity index (χ2v) is 4.63. The number of benzene rings is 1. The summed E-state index contributed by atoms with van der Waals surface area (Å²) < 4.78 is 1.84. The lowest BCUT2D eigenvalue weighted by atomic mass is 10.0. The minimum absolute atomic E-state index is 0.168. The number of rotatable bonds is 5. The highest BCUT2D eigenvalue weighted by molar-refractivity contribution is 5.30. The molecule has 0 amide bonds. The van der Waals surface area contributed by atoms with Crippen molar-refractivity contribution in [3.8, 4) is 0 Å². The second-order valence-electron chi connectivity index (χ2n) is 4.63. The number of aryl methyl sites for hydroxylation is 2. The zero-order valence-electron chi connectivity index (χ0n) is 11.4. The normalized spacial score (nSPS) is 12.6. The quantitative estimate of drug-likeness (QED) is 0.875. The fourth-order valence-electron chi connectivity index (χ4n) is 2.24. The van der Waals surface area contributed by atoms with Crippen LogP contribution in [-0.4, -0.2) is 16.8 Å². The molecule has 2 aromatic rings. The van der Waals surface area contributed by atoms with Gasteiger partial charge in [-0.3, -0.25) is 4.68 Å². The van der Waals surface area contributed by atoms with E-state index >= 15 is 0 Å². The van der Waals surface area contributed by atoms with Gasteiger partial charge in [0.05, 0.1) is 11.7 Å². The Labute approximate surface area is 109 Å². The van der Waals surface area contributed by atoms with Gasteiger partial charge in [0.15, 0.2) is 0 Å². The predicted molar refractivity (Wildman–Crippen MR) is 74.5 cm³/mol. The summed E-state index contributed by atoms with van der Waals surface area (Å²) in [4.78, 5) is 0. The molecule has 1 heterocycles. The first kappa shape index (κ1) is 12.8. The zero-order valence-corrected chi connectivity index (χ0v) is 11.4. The van der Waals surface area contributed by atoms with Gasteiger partial charge in [0.25, 0.3) is 0 Å². The molecule has 0 saturated carbocycles. The lowest BCUT2D eigenvalue weighted by Gasteiger charge is -2.14. The molecule has 96 valence electrons. The van der Waals surface area contributed by atoms with E-state index < -0.39 is 0 Å². The van der Waals surface area contributed by atoms with E-state index in [0.717, 1.165) is 12.1 Å². The maximum Gasteiger partial charge on any atom is 0.0839 e. The molecule has 18 heavy (non-hydrogen) atoms. The maximum absolute atomic E-state index is 4.47. The van der Waals surface area contributed by atoms with Crippen LogP contribution in [0.2, 0.25) is 0 Å². The maximum atomic E-state index is 4.47. The monoisotopic (exact) mass is 243 g/mol. The van der Waals surface area contributed by atoms with E-state index in [4.69, 9.17) is 0 Å². The SMILES string of the molecule is CCCc1ccc(C(NC)c2ccn(C)n2)cc1. The Kier molecular flexibility index (Phi) is 4.15. The Bertz CT molecular complexity index is 485. The Hall–Kier alpha value is -1.61. The van der Waals surface area contributed by atoms with Crippen molar-refractivity contribution in [3.63, 3.8) is 0 Å². The first-order valence-corrected chi connectivity index (χ1v) is 6.50. The van der Waals surface area contributed by atoms with Crippen LogP contribution >= 0.6 is 0 Å². The standard InChI is InChI=1S/C15H21N3/c1-4-5-12-6-8-13(9-7-12)15(16-2)14-10-11-18(3)17-14/h6-11,15-16H,4-5H2,1-3H3. The number of nitrogens with zero attached hydrogens (tertiary/aromatic N) is 2. The third-order valence-electron chi connectivity index (χ3n) is 3.17. The Morgan fingerprint density at radius 1 is 1.22 bits per heavy atom. The van der Waals surface area contributed by atoms with Gasteiger partial charge in [-0.2, -0.15) is 5.10 Å². The summed E-state index contributed by atoms with van der Waals surface area (Å²) in [6, 6.07) is 11.0. The van der Waals surface area contributed by atoms with Crippen molar-refractivity contribution in [1.29, 1.82) is 0 Å². The van der Waals surface area contributed by atoms with E-state index in [1.807, 2.05) is 25.0 Å². The molecule has 1 unspecified atom stereocenters. The summed E-state index contributed by atoms with van der Waals surface area (Å²) in [6.45, 7) is 2.21. The third-order valence-corrected chi connectivity index (χ3v) is 3.17. The van der Waals surface area contributed by atoms with E-state index in [9.17, 15) is 0 Å². The molecular formula is C15H21N3. The highest BCUT2D eigenvalue weighted by Gasteiger charge is 2.14. The molecule has 0 saturated heterocycles. The first-order chi connectivity index (χ1) is 8.74. The van der Waals surface area contributed by atoms with Gasteiger partial charge in [-0.25, -0.2) is 0 Å². The van der Waals surface area contributed by atoms with Crippen molar-refractivity contribution in [2.24, 2.45) is 7.05 Å². The van der Waals surface area contributed by atoms with Gasteiger partial charge in [-0.05, 0) is 30.7 Å². The molecule has 0 aliphatic carbocycles. The van der Waals surface area contributed by atoms with Crippen molar-refractivity contribution in [2.45, 2.75) is 25.8 Å². The van der Waals surface area contributed by atoms with Crippen LogP contribution in [0.25, 0.3) is 0 Å². The van der Waals surface area contributed by atoms with Crippen molar-refractivity contribution in [1.82, 2.24) is 15.1 Å². The molecule has 1 aromatic heterocycles. The van der Waals surface area contributed by atoms with Crippen LogP contribution in [0.3, 0.4) is 0 Å². The van der Waals surface area contributed by atoms with Gasteiger partial charge in [0.1, 0.15) is 0 Å². The van der Waals surface area contributed by atoms with Crippen molar-refractivity contribution < 1.29 is 0 Å². The number of hydrogen-bond acceptors (Lipinski definition) is 2. The van der Waals surface area contributed by atoms with Crippen LogP contribution in [0.1, 0.15) is 36.2 Å². The number of nitrogens with one attached hydrogen (secondary N) is 1. The summed E-state index contributed by atoms with van der Waals surface area (Å²) in [5.41, 5.74) is 3.72. The minimum atomic E-state index is 0.168. The highest BCUT2D eigenvalue weighted by atomic mass is 15.3. The van der Waals surface area contributed by atoms with Crippen molar-refractivity contribution >= 4 is 0 Å². The molecule has 0 fully saturated rings. The third kappa shape index (κ3) is 2.79. The Morgan fingerprint density at radius 2 is 1.94 bits per heavy atom. The van der Waals surface area contributed by atoms with Crippen molar-refractivity contribution in [2.75, 3.05) is 7.05 Å². The average molecular weight is 243 g/mol. The molecule has 1 N–H and O–H groups in total. The summed E-state index contributed by atoms with van der Waals surface area (Å²) in [7, 11) is 3.92. The van der Waals surface area contributed by atoms with Gasteiger partial charge in [0, 0.05) is 13.2 Å². The summed E-state index contributed by atoms with van der Waals surface area (Å²) >= 11 is 0. The van der Waals surface area contributed by atoms with E-state index in [2.05, 4.69) is 47.7 Å². The molecule has 0 aliphatic heterocycles. The van der Waals surface area contributed by atoms with Crippen LogP contribution in [0, 0.1) is 0 Å². The van der Waals surface area contributed by atoms with Crippen LogP contribution in [-0.2, 0) is 13.5 Å².